The number of rotatable bonds is 8. The number of hydrogen-bond donors (Lipinski definition) is 3. The molecule has 0 bridgehead atoms. The van der Waals surface area contributed by atoms with Crippen LogP contribution in [0.1, 0.15) is 51.0 Å². The van der Waals surface area contributed by atoms with Gasteiger partial charge in [0.1, 0.15) is 17.1 Å². The van der Waals surface area contributed by atoms with Gasteiger partial charge in [0.05, 0.1) is 17.0 Å². The lowest BCUT2D eigenvalue weighted by molar-refractivity contribution is 0.0646. The minimum atomic E-state index is -1.51. The monoisotopic (exact) mass is 407 g/mol. The maximum Gasteiger partial charge on any atom is 0.340 e. The second-order valence-electron chi connectivity index (χ2n) is 6.70. The Kier molecular flexibility index (Phi) is 6.32. The Hall–Kier alpha value is -3.87. The van der Waals surface area contributed by atoms with E-state index in [0.717, 1.165) is 0 Å². The van der Waals surface area contributed by atoms with Crippen LogP contribution >= 0.6 is 0 Å². The maximum absolute atomic E-state index is 11.8. The molecule has 0 spiro atoms. The predicted molar refractivity (Wildman–Crippen MR) is 110 cm³/mol. The number of aromatic nitrogens is 1. The molecule has 1 aromatic heterocycles. The first-order chi connectivity index (χ1) is 14.4. The van der Waals surface area contributed by atoms with Gasteiger partial charge in [0, 0.05) is 6.42 Å². The third-order valence-corrected chi connectivity index (χ3v) is 4.48. The van der Waals surface area contributed by atoms with Gasteiger partial charge in [0.25, 0.3) is 0 Å². The Morgan fingerprint density at radius 2 is 1.57 bits per heavy atom. The highest BCUT2D eigenvalue weighted by Gasteiger charge is 2.28. The van der Waals surface area contributed by atoms with Crippen LogP contribution in [0.5, 0.6) is 17.2 Å². The molecule has 0 fully saturated rings. The first kappa shape index (κ1) is 20.9. The summed E-state index contributed by atoms with van der Waals surface area (Å²) in [5.41, 5.74) is -0.186. The number of carboxylic acid groups (broad SMARTS) is 2. The van der Waals surface area contributed by atoms with Crippen LogP contribution in [0, 0.1) is 0 Å². The summed E-state index contributed by atoms with van der Waals surface area (Å²) in [5.74, 6) is -2.34. The first-order valence-electron chi connectivity index (χ1n) is 9.43. The number of aromatic carboxylic acids is 2. The minimum Gasteiger partial charge on any atom is -0.505 e. The molecule has 30 heavy (non-hydrogen) atoms. The van der Waals surface area contributed by atoms with Crippen molar-refractivity contribution in [1.29, 1.82) is 0 Å². The molecule has 154 valence electrons. The molecular formula is C23H21NO6. The Balaban J connectivity index is 2.02. The SMILES string of the molecule is CCCc1nc(Cc2cccc(Oc3ccccc3)c2)c(C(=O)O)c(C(=O)O)c1O. The van der Waals surface area contributed by atoms with Crippen LogP contribution in [-0.4, -0.2) is 32.2 Å². The summed E-state index contributed by atoms with van der Waals surface area (Å²) in [6, 6.07) is 16.2. The predicted octanol–water partition coefficient (Wildman–Crippen LogP) is 4.52. The molecule has 0 aliphatic rings. The molecule has 0 aliphatic carbocycles. The number of aromatic hydroxyl groups is 1. The van der Waals surface area contributed by atoms with Crippen molar-refractivity contribution in [3.63, 3.8) is 0 Å². The molecular weight excluding hydrogens is 386 g/mol. The van der Waals surface area contributed by atoms with Crippen molar-refractivity contribution in [2.75, 3.05) is 0 Å². The number of carbonyl (C=O) groups is 2. The molecule has 7 heteroatoms. The van der Waals surface area contributed by atoms with Crippen LogP contribution in [0.3, 0.4) is 0 Å². The van der Waals surface area contributed by atoms with Crippen molar-refractivity contribution in [1.82, 2.24) is 4.98 Å². The number of para-hydroxylation sites is 1. The summed E-state index contributed by atoms with van der Waals surface area (Å²) in [4.78, 5) is 27.8. The van der Waals surface area contributed by atoms with E-state index >= 15 is 0 Å². The third kappa shape index (κ3) is 4.57. The van der Waals surface area contributed by atoms with E-state index < -0.39 is 28.8 Å². The van der Waals surface area contributed by atoms with E-state index in [0.29, 0.717) is 29.9 Å². The number of pyridine rings is 1. The van der Waals surface area contributed by atoms with Gasteiger partial charge in [-0.25, -0.2) is 9.59 Å². The Morgan fingerprint density at radius 3 is 2.20 bits per heavy atom. The van der Waals surface area contributed by atoms with Crippen LogP contribution in [-0.2, 0) is 12.8 Å². The second kappa shape index (κ2) is 9.09. The molecule has 0 aliphatic heterocycles. The fraction of sp³-hybridized carbons (Fsp3) is 0.174. The summed E-state index contributed by atoms with van der Waals surface area (Å²) in [5, 5.41) is 29.4. The van der Waals surface area contributed by atoms with Gasteiger partial charge in [-0.2, -0.15) is 0 Å². The van der Waals surface area contributed by atoms with Crippen molar-refractivity contribution < 1.29 is 29.6 Å². The van der Waals surface area contributed by atoms with E-state index in [1.54, 1.807) is 24.3 Å². The number of ether oxygens (including phenoxy) is 1. The fourth-order valence-corrected chi connectivity index (χ4v) is 3.19. The topological polar surface area (TPSA) is 117 Å². The summed E-state index contributed by atoms with van der Waals surface area (Å²) < 4.78 is 5.81. The quantitative estimate of drug-likeness (QED) is 0.502. The Labute approximate surface area is 173 Å². The fourth-order valence-electron chi connectivity index (χ4n) is 3.19. The average molecular weight is 407 g/mol. The van der Waals surface area contributed by atoms with Crippen LogP contribution in [0.15, 0.2) is 54.6 Å². The zero-order chi connectivity index (χ0) is 21.7. The lowest BCUT2D eigenvalue weighted by atomic mass is 9.97. The summed E-state index contributed by atoms with van der Waals surface area (Å²) in [6.45, 7) is 1.86. The molecule has 0 radical (unpaired) electrons. The maximum atomic E-state index is 11.8. The molecule has 7 nitrogen and oxygen atoms in total. The van der Waals surface area contributed by atoms with Gasteiger partial charge < -0.3 is 20.1 Å². The second-order valence-corrected chi connectivity index (χ2v) is 6.70. The van der Waals surface area contributed by atoms with Gasteiger partial charge in [0.15, 0.2) is 5.75 Å². The van der Waals surface area contributed by atoms with Crippen LogP contribution in [0.25, 0.3) is 0 Å². The normalized spacial score (nSPS) is 10.6. The van der Waals surface area contributed by atoms with Crippen molar-refractivity contribution in [2.24, 2.45) is 0 Å². The number of hydrogen-bond acceptors (Lipinski definition) is 5. The highest BCUT2D eigenvalue weighted by atomic mass is 16.5. The molecule has 1 heterocycles. The highest BCUT2D eigenvalue weighted by Crippen LogP contribution is 2.30. The molecule has 2 aromatic carbocycles. The number of carboxylic acids is 2. The zero-order valence-corrected chi connectivity index (χ0v) is 16.3. The van der Waals surface area contributed by atoms with E-state index in [4.69, 9.17) is 4.74 Å². The van der Waals surface area contributed by atoms with Gasteiger partial charge >= 0.3 is 11.9 Å². The molecule has 0 unspecified atom stereocenters. The number of benzene rings is 2. The molecule has 0 atom stereocenters. The number of aryl methyl sites for hydroxylation is 1. The largest absolute Gasteiger partial charge is 0.505 e. The van der Waals surface area contributed by atoms with Gasteiger partial charge in [-0.05, 0) is 36.2 Å². The molecule has 0 amide bonds. The molecule has 3 rings (SSSR count). The van der Waals surface area contributed by atoms with E-state index in [1.165, 1.54) is 0 Å². The van der Waals surface area contributed by atoms with E-state index in [9.17, 15) is 24.9 Å². The van der Waals surface area contributed by atoms with E-state index in [2.05, 4.69) is 4.98 Å². The standard InChI is InChI=1S/C23H21NO6/c1-2-7-17-21(25)20(23(28)29)19(22(26)27)18(24-17)13-14-8-6-11-16(12-14)30-15-9-4-3-5-10-15/h3-6,8-12,25H,2,7,13H2,1H3,(H,26,27)(H,28,29). The summed E-state index contributed by atoms with van der Waals surface area (Å²) in [7, 11) is 0. The van der Waals surface area contributed by atoms with Crippen molar-refractivity contribution >= 4 is 11.9 Å². The summed E-state index contributed by atoms with van der Waals surface area (Å²) >= 11 is 0. The van der Waals surface area contributed by atoms with Gasteiger partial charge in [-0.1, -0.05) is 43.7 Å². The average Bonchev–Trinajstić information content (AvgIpc) is 2.70. The van der Waals surface area contributed by atoms with Crippen LogP contribution in [0.2, 0.25) is 0 Å². The molecule has 0 saturated heterocycles. The Bertz CT molecular complexity index is 1080. The number of nitrogens with zero attached hydrogens (tertiary/aromatic N) is 1. The minimum absolute atomic E-state index is 0.0743. The van der Waals surface area contributed by atoms with Crippen molar-refractivity contribution in [3.8, 4) is 17.2 Å². The van der Waals surface area contributed by atoms with Gasteiger partial charge in [0.2, 0.25) is 0 Å². The van der Waals surface area contributed by atoms with Crippen molar-refractivity contribution in [3.05, 3.63) is 82.7 Å². The molecule has 3 N–H and O–H groups in total. The Morgan fingerprint density at radius 1 is 0.900 bits per heavy atom. The highest BCUT2D eigenvalue weighted by molar-refractivity contribution is 6.04. The van der Waals surface area contributed by atoms with E-state index in [-0.39, 0.29) is 17.8 Å². The van der Waals surface area contributed by atoms with Crippen LogP contribution in [0.4, 0.5) is 0 Å². The first-order valence-corrected chi connectivity index (χ1v) is 9.43. The van der Waals surface area contributed by atoms with Gasteiger partial charge in [-0.15, -0.1) is 0 Å². The lowest BCUT2D eigenvalue weighted by Crippen LogP contribution is -2.16. The molecule has 0 saturated carbocycles. The van der Waals surface area contributed by atoms with Crippen molar-refractivity contribution in [2.45, 2.75) is 26.2 Å². The summed E-state index contributed by atoms with van der Waals surface area (Å²) in [6.07, 6.45) is 1.02. The van der Waals surface area contributed by atoms with Crippen LogP contribution < -0.4 is 4.74 Å². The van der Waals surface area contributed by atoms with Gasteiger partial charge in [-0.3, -0.25) is 4.98 Å². The van der Waals surface area contributed by atoms with E-state index in [1.807, 2.05) is 37.3 Å². The zero-order valence-electron chi connectivity index (χ0n) is 16.3. The smallest absolute Gasteiger partial charge is 0.340 e. The lowest BCUT2D eigenvalue weighted by Gasteiger charge is -2.14. The third-order valence-electron chi connectivity index (χ3n) is 4.48. The molecule has 3 aromatic rings.